The Bertz CT molecular complexity index is 1160. The predicted octanol–water partition coefficient (Wildman–Crippen LogP) is 4.15. The van der Waals surface area contributed by atoms with Crippen molar-refractivity contribution in [2.75, 3.05) is 13.1 Å². The highest BCUT2D eigenvalue weighted by Gasteiger charge is 2.26. The van der Waals surface area contributed by atoms with E-state index in [2.05, 4.69) is 5.32 Å². The van der Waals surface area contributed by atoms with Gasteiger partial charge in [-0.3, -0.25) is 9.59 Å². The molecule has 0 spiro atoms. The van der Waals surface area contributed by atoms with Crippen molar-refractivity contribution in [3.63, 3.8) is 0 Å². The standard InChI is InChI=1S/C22H22N2O4S3/c25-21(17-10-13-29-15-17)20-9-6-18(30-20)14-23-22(26)16-4-7-19(8-5-16)31(27,28)24-11-2-1-3-12-24/h4-10,13,15H,1-3,11-12,14H2,(H,23,26). The Kier molecular flexibility index (Phi) is 6.66. The first-order valence-electron chi connectivity index (χ1n) is 9.99. The van der Waals surface area contributed by atoms with E-state index in [0.29, 0.717) is 35.6 Å². The molecule has 0 atom stereocenters. The molecule has 162 valence electrons. The van der Waals surface area contributed by atoms with Gasteiger partial charge in [-0.15, -0.1) is 11.3 Å². The number of rotatable bonds is 7. The first kappa shape index (κ1) is 21.9. The third-order valence-corrected chi connectivity index (χ3v) is 8.84. The van der Waals surface area contributed by atoms with Crippen molar-refractivity contribution in [3.05, 3.63) is 74.1 Å². The second kappa shape index (κ2) is 9.44. The number of carbonyl (C=O) groups excluding carboxylic acids is 2. The molecule has 9 heteroatoms. The Morgan fingerprint density at radius 2 is 1.68 bits per heavy atom. The molecule has 1 saturated heterocycles. The van der Waals surface area contributed by atoms with Crippen molar-refractivity contribution in [1.82, 2.24) is 9.62 Å². The van der Waals surface area contributed by atoms with Gasteiger partial charge in [0, 0.05) is 34.5 Å². The highest BCUT2D eigenvalue weighted by Crippen LogP contribution is 2.22. The molecular weight excluding hydrogens is 452 g/mol. The van der Waals surface area contributed by atoms with Crippen LogP contribution in [0.1, 0.15) is 49.7 Å². The van der Waals surface area contributed by atoms with Crippen molar-refractivity contribution in [3.8, 4) is 0 Å². The van der Waals surface area contributed by atoms with E-state index in [1.807, 2.05) is 16.8 Å². The number of sulfonamides is 1. The van der Waals surface area contributed by atoms with Gasteiger partial charge in [-0.05, 0) is 60.7 Å². The molecule has 1 aliphatic heterocycles. The lowest BCUT2D eigenvalue weighted by Crippen LogP contribution is -2.35. The summed E-state index contributed by atoms with van der Waals surface area (Å²) in [7, 11) is -3.51. The molecule has 31 heavy (non-hydrogen) atoms. The number of piperidine rings is 1. The third kappa shape index (κ3) is 4.95. The van der Waals surface area contributed by atoms with Gasteiger partial charge in [0.15, 0.2) is 0 Å². The maximum atomic E-state index is 12.7. The van der Waals surface area contributed by atoms with E-state index in [9.17, 15) is 18.0 Å². The van der Waals surface area contributed by atoms with Crippen LogP contribution in [0.4, 0.5) is 0 Å². The molecule has 1 amide bonds. The molecule has 0 saturated carbocycles. The van der Waals surface area contributed by atoms with Gasteiger partial charge in [-0.1, -0.05) is 6.42 Å². The molecule has 4 rings (SSSR count). The summed E-state index contributed by atoms with van der Waals surface area (Å²) in [6.45, 7) is 1.39. The number of amides is 1. The normalized spacial score (nSPS) is 15.0. The van der Waals surface area contributed by atoms with Crippen LogP contribution < -0.4 is 5.32 Å². The monoisotopic (exact) mass is 474 g/mol. The average Bonchev–Trinajstić information content (AvgIpc) is 3.50. The Morgan fingerprint density at radius 3 is 2.35 bits per heavy atom. The van der Waals surface area contributed by atoms with E-state index >= 15 is 0 Å². The summed E-state index contributed by atoms with van der Waals surface area (Å²) in [5.41, 5.74) is 1.06. The van der Waals surface area contributed by atoms with Gasteiger partial charge in [-0.2, -0.15) is 15.6 Å². The zero-order chi connectivity index (χ0) is 21.8. The van der Waals surface area contributed by atoms with Gasteiger partial charge in [0.25, 0.3) is 5.91 Å². The summed E-state index contributed by atoms with van der Waals surface area (Å²) < 4.78 is 27.0. The largest absolute Gasteiger partial charge is 0.347 e. The lowest BCUT2D eigenvalue weighted by Gasteiger charge is -2.25. The summed E-state index contributed by atoms with van der Waals surface area (Å²) >= 11 is 2.83. The number of hydrogen-bond acceptors (Lipinski definition) is 6. The SMILES string of the molecule is O=C(NCc1ccc(C(=O)c2ccsc2)s1)c1ccc(S(=O)(=O)N2CCCCC2)cc1. The molecule has 1 aliphatic rings. The minimum atomic E-state index is -3.51. The predicted molar refractivity (Wildman–Crippen MR) is 122 cm³/mol. The van der Waals surface area contributed by atoms with Crippen molar-refractivity contribution < 1.29 is 18.0 Å². The molecular formula is C22H22N2O4S3. The lowest BCUT2D eigenvalue weighted by atomic mass is 10.2. The van der Waals surface area contributed by atoms with Gasteiger partial charge in [-0.25, -0.2) is 8.42 Å². The highest BCUT2D eigenvalue weighted by atomic mass is 32.2. The second-order valence-electron chi connectivity index (χ2n) is 7.28. The zero-order valence-electron chi connectivity index (χ0n) is 16.7. The van der Waals surface area contributed by atoms with E-state index in [-0.39, 0.29) is 16.6 Å². The van der Waals surface area contributed by atoms with Crippen molar-refractivity contribution in [2.45, 2.75) is 30.7 Å². The molecule has 1 aromatic carbocycles. The molecule has 1 fully saturated rings. The maximum absolute atomic E-state index is 12.7. The number of hydrogen-bond donors (Lipinski definition) is 1. The van der Waals surface area contributed by atoms with Crippen LogP contribution in [0.15, 0.2) is 58.1 Å². The quantitative estimate of drug-likeness (QED) is 0.522. The summed E-state index contributed by atoms with van der Waals surface area (Å²) in [5.74, 6) is -0.310. The number of carbonyl (C=O) groups is 2. The molecule has 2 aromatic heterocycles. The molecule has 3 heterocycles. The number of ketones is 1. The smallest absolute Gasteiger partial charge is 0.251 e. The van der Waals surface area contributed by atoms with Crippen molar-refractivity contribution >= 4 is 44.4 Å². The van der Waals surface area contributed by atoms with Crippen LogP contribution in [0.25, 0.3) is 0 Å². The number of thiophene rings is 2. The van der Waals surface area contributed by atoms with E-state index in [1.165, 1.54) is 51.2 Å². The summed E-state index contributed by atoms with van der Waals surface area (Å²) in [4.78, 5) is 26.6. The highest BCUT2D eigenvalue weighted by molar-refractivity contribution is 7.89. The van der Waals surface area contributed by atoms with Crippen LogP contribution in [0.2, 0.25) is 0 Å². The first-order chi connectivity index (χ1) is 14.9. The van der Waals surface area contributed by atoms with Gasteiger partial charge >= 0.3 is 0 Å². The molecule has 0 unspecified atom stereocenters. The van der Waals surface area contributed by atoms with Crippen LogP contribution in [-0.2, 0) is 16.6 Å². The lowest BCUT2D eigenvalue weighted by molar-refractivity contribution is 0.0950. The van der Waals surface area contributed by atoms with E-state index in [1.54, 1.807) is 12.1 Å². The van der Waals surface area contributed by atoms with Crippen molar-refractivity contribution in [1.29, 1.82) is 0 Å². The van der Waals surface area contributed by atoms with Gasteiger partial charge in [0.2, 0.25) is 15.8 Å². The summed E-state index contributed by atoms with van der Waals surface area (Å²) in [6, 6.07) is 11.4. The minimum absolute atomic E-state index is 0.0191. The van der Waals surface area contributed by atoms with Crippen LogP contribution in [0, 0.1) is 0 Å². The maximum Gasteiger partial charge on any atom is 0.251 e. The summed E-state index contributed by atoms with van der Waals surface area (Å²) in [6.07, 6.45) is 2.81. The molecule has 0 radical (unpaired) electrons. The van der Waals surface area contributed by atoms with Gasteiger partial charge < -0.3 is 5.32 Å². The van der Waals surface area contributed by atoms with E-state index in [0.717, 1.165) is 24.1 Å². The second-order valence-corrected chi connectivity index (χ2v) is 11.2. The number of benzene rings is 1. The molecule has 0 bridgehead atoms. The Hall–Kier alpha value is -2.33. The Morgan fingerprint density at radius 1 is 0.935 bits per heavy atom. The van der Waals surface area contributed by atoms with Gasteiger partial charge in [0.1, 0.15) is 0 Å². The van der Waals surface area contributed by atoms with Crippen molar-refractivity contribution in [2.24, 2.45) is 0 Å². The van der Waals surface area contributed by atoms with Gasteiger partial charge in [0.05, 0.1) is 16.3 Å². The molecule has 0 aliphatic carbocycles. The van der Waals surface area contributed by atoms with E-state index in [4.69, 9.17) is 0 Å². The number of nitrogens with zero attached hydrogens (tertiary/aromatic N) is 1. The van der Waals surface area contributed by atoms with Crippen LogP contribution in [0.5, 0.6) is 0 Å². The zero-order valence-corrected chi connectivity index (χ0v) is 19.2. The first-order valence-corrected chi connectivity index (χ1v) is 13.2. The van der Waals surface area contributed by atoms with Crippen LogP contribution in [-0.4, -0.2) is 37.5 Å². The van der Waals surface area contributed by atoms with Crippen LogP contribution >= 0.6 is 22.7 Å². The molecule has 1 N–H and O–H groups in total. The topological polar surface area (TPSA) is 83.5 Å². The fourth-order valence-corrected chi connectivity index (χ4v) is 6.50. The summed E-state index contributed by atoms with van der Waals surface area (Å²) in [5, 5.41) is 6.51. The van der Waals surface area contributed by atoms with E-state index < -0.39 is 10.0 Å². The van der Waals surface area contributed by atoms with Crippen LogP contribution in [0.3, 0.4) is 0 Å². The third-order valence-electron chi connectivity index (χ3n) is 5.16. The Labute approximate surface area is 189 Å². The fourth-order valence-electron chi connectivity index (χ4n) is 3.43. The fraction of sp³-hybridized carbons (Fsp3) is 0.273. The molecule has 3 aromatic rings. The average molecular weight is 475 g/mol. The Balaban J connectivity index is 1.37. The molecule has 6 nitrogen and oxygen atoms in total. The number of nitrogens with one attached hydrogen (secondary N) is 1. The minimum Gasteiger partial charge on any atom is -0.347 e.